The second-order valence-corrected chi connectivity index (χ2v) is 5.68. The third-order valence-electron chi connectivity index (χ3n) is 2.46. The van der Waals surface area contributed by atoms with Crippen LogP contribution in [0.5, 0.6) is 0 Å². The number of benzene rings is 2. The van der Waals surface area contributed by atoms with Gasteiger partial charge in [-0.2, -0.15) is 0 Å². The molecule has 0 atom stereocenters. The number of hydrogen-bond donors (Lipinski definition) is 0. The lowest BCUT2D eigenvalue weighted by Crippen LogP contribution is -1.82. The predicted molar refractivity (Wildman–Crippen MR) is 63.1 cm³/mol. The van der Waals surface area contributed by atoms with Crippen LogP contribution in [0.3, 0.4) is 0 Å². The molecule has 0 saturated heterocycles. The standard InChI is InChI=1S/C12H8S2/c13-14-11-7-3-1-5-9(11)10-6-2-4-8-12(10)14/h1-8H. The van der Waals surface area contributed by atoms with Gasteiger partial charge >= 0.3 is 0 Å². The molecule has 1 heterocycles. The first-order valence-corrected chi connectivity index (χ1v) is 6.63. The maximum Gasteiger partial charge on any atom is 0.0244 e. The van der Waals surface area contributed by atoms with Crippen LogP contribution in [0.1, 0.15) is 0 Å². The molecule has 0 nitrogen and oxygen atoms in total. The van der Waals surface area contributed by atoms with Crippen molar-refractivity contribution in [3.63, 3.8) is 0 Å². The van der Waals surface area contributed by atoms with Crippen molar-refractivity contribution >= 4 is 20.6 Å². The fourth-order valence-corrected chi connectivity index (χ4v) is 4.09. The summed E-state index contributed by atoms with van der Waals surface area (Å²) in [6, 6.07) is 16.9. The number of fused-ring (bicyclic) bond motifs is 3. The molecule has 0 amide bonds. The van der Waals surface area contributed by atoms with E-state index in [4.69, 9.17) is 11.2 Å². The quantitative estimate of drug-likeness (QED) is 0.556. The van der Waals surface area contributed by atoms with Crippen LogP contribution in [-0.4, -0.2) is 0 Å². The molecule has 2 heteroatoms. The molecule has 0 bridgehead atoms. The minimum Gasteiger partial charge on any atom is -0.0616 e. The topological polar surface area (TPSA) is 0 Å². The zero-order chi connectivity index (χ0) is 9.54. The maximum atomic E-state index is 5.54. The van der Waals surface area contributed by atoms with Gasteiger partial charge in [0.15, 0.2) is 0 Å². The summed E-state index contributed by atoms with van der Waals surface area (Å²) in [5.74, 6) is 0. The third kappa shape index (κ3) is 1.01. The van der Waals surface area contributed by atoms with E-state index in [0.717, 1.165) is 0 Å². The van der Waals surface area contributed by atoms with Crippen molar-refractivity contribution in [3.8, 4) is 11.1 Å². The zero-order valence-electron chi connectivity index (χ0n) is 7.44. The van der Waals surface area contributed by atoms with E-state index in [2.05, 4.69) is 48.5 Å². The lowest BCUT2D eigenvalue weighted by Gasteiger charge is -1.96. The van der Waals surface area contributed by atoms with Crippen molar-refractivity contribution in [2.45, 2.75) is 9.79 Å². The zero-order valence-corrected chi connectivity index (χ0v) is 9.07. The first-order chi connectivity index (χ1) is 6.88. The van der Waals surface area contributed by atoms with Gasteiger partial charge < -0.3 is 0 Å². The Labute approximate surface area is 90.2 Å². The second kappa shape index (κ2) is 3.01. The van der Waals surface area contributed by atoms with Crippen molar-refractivity contribution in [2.24, 2.45) is 0 Å². The van der Waals surface area contributed by atoms with Gasteiger partial charge in [0.25, 0.3) is 0 Å². The molecule has 14 heavy (non-hydrogen) atoms. The van der Waals surface area contributed by atoms with E-state index < -0.39 is 0 Å². The maximum absolute atomic E-state index is 5.54. The minimum absolute atomic E-state index is 0.139. The Morgan fingerprint density at radius 2 is 1.14 bits per heavy atom. The van der Waals surface area contributed by atoms with Crippen LogP contribution < -0.4 is 0 Å². The van der Waals surface area contributed by atoms with Gasteiger partial charge in [-0.1, -0.05) is 45.9 Å². The lowest BCUT2D eigenvalue weighted by atomic mass is 10.1. The number of hydrogen-bond acceptors (Lipinski definition) is 1. The highest BCUT2D eigenvalue weighted by molar-refractivity contribution is 8.29. The molecule has 0 fully saturated rings. The highest BCUT2D eigenvalue weighted by atomic mass is 32.8. The second-order valence-electron chi connectivity index (χ2n) is 3.26. The van der Waals surface area contributed by atoms with Gasteiger partial charge in [-0.05, 0) is 34.4 Å². The molecule has 2 aromatic rings. The summed E-state index contributed by atoms with van der Waals surface area (Å²) < 4.78 is 0. The van der Waals surface area contributed by atoms with Crippen LogP contribution in [-0.2, 0) is 20.6 Å². The van der Waals surface area contributed by atoms with E-state index in [1.807, 2.05) is 0 Å². The molecule has 0 saturated carbocycles. The highest BCUT2D eigenvalue weighted by Crippen LogP contribution is 2.40. The summed E-state index contributed by atoms with van der Waals surface area (Å²) in [6.45, 7) is 0. The van der Waals surface area contributed by atoms with Gasteiger partial charge in [-0.3, -0.25) is 0 Å². The van der Waals surface area contributed by atoms with Gasteiger partial charge in [0.2, 0.25) is 0 Å². The van der Waals surface area contributed by atoms with E-state index in [9.17, 15) is 0 Å². The van der Waals surface area contributed by atoms with Gasteiger partial charge in [-0.15, -0.1) is 0 Å². The Hall–Kier alpha value is -0.990. The average molecular weight is 216 g/mol. The lowest BCUT2D eigenvalue weighted by molar-refractivity contribution is 1.45. The SMILES string of the molecule is S=S1c2ccccc2-c2ccccc21. The van der Waals surface area contributed by atoms with E-state index in [1.54, 1.807) is 0 Å². The molecule has 0 radical (unpaired) electrons. The Morgan fingerprint density at radius 3 is 1.64 bits per heavy atom. The molecular weight excluding hydrogens is 208 g/mol. The van der Waals surface area contributed by atoms with E-state index in [0.29, 0.717) is 0 Å². The first kappa shape index (κ1) is 8.33. The van der Waals surface area contributed by atoms with Gasteiger partial charge in [0.1, 0.15) is 0 Å². The van der Waals surface area contributed by atoms with Crippen molar-refractivity contribution < 1.29 is 0 Å². The number of rotatable bonds is 0. The van der Waals surface area contributed by atoms with E-state index >= 15 is 0 Å². The summed E-state index contributed by atoms with van der Waals surface area (Å²) >= 11 is 5.54. The van der Waals surface area contributed by atoms with Crippen LogP contribution in [0.4, 0.5) is 0 Å². The molecule has 68 valence electrons. The van der Waals surface area contributed by atoms with Crippen molar-refractivity contribution in [1.82, 2.24) is 0 Å². The van der Waals surface area contributed by atoms with Gasteiger partial charge in [0.05, 0.1) is 0 Å². The summed E-state index contributed by atoms with van der Waals surface area (Å²) in [5.41, 5.74) is 2.64. The van der Waals surface area contributed by atoms with Crippen molar-refractivity contribution in [3.05, 3.63) is 48.5 Å². The highest BCUT2D eigenvalue weighted by Gasteiger charge is 2.20. The molecule has 0 aromatic heterocycles. The molecule has 1 aliphatic heterocycles. The van der Waals surface area contributed by atoms with Crippen molar-refractivity contribution in [1.29, 1.82) is 0 Å². The van der Waals surface area contributed by atoms with E-state index in [-0.39, 0.29) is 9.45 Å². The largest absolute Gasteiger partial charge is 0.0616 e. The smallest absolute Gasteiger partial charge is 0.0244 e. The van der Waals surface area contributed by atoms with Crippen LogP contribution in [0.25, 0.3) is 11.1 Å². The Balaban J connectivity index is 2.42. The molecule has 1 aliphatic rings. The summed E-state index contributed by atoms with van der Waals surface area (Å²) in [4.78, 5) is 2.62. The Morgan fingerprint density at radius 1 is 0.714 bits per heavy atom. The molecular formula is C12H8S2. The molecule has 0 unspecified atom stereocenters. The van der Waals surface area contributed by atoms with E-state index in [1.165, 1.54) is 20.9 Å². The predicted octanol–water partition coefficient (Wildman–Crippen LogP) is 3.17. The third-order valence-corrected chi connectivity index (χ3v) is 5.05. The summed E-state index contributed by atoms with van der Waals surface area (Å²) in [6.07, 6.45) is 0. The van der Waals surface area contributed by atoms with Crippen LogP contribution >= 0.6 is 0 Å². The van der Waals surface area contributed by atoms with Gasteiger partial charge in [-0.25, -0.2) is 0 Å². The van der Waals surface area contributed by atoms with Crippen LogP contribution in [0.2, 0.25) is 0 Å². The summed E-state index contributed by atoms with van der Waals surface area (Å²) in [7, 11) is -0.139. The molecule has 2 aromatic carbocycles. The average Bonchev–Trinajstić information content (AvgIpc) is 2.55. The van der Waals surface area contributed by atoms with Crippen LogP contribution in [0.15, 0.2) is 58.3 Å². The normalized spacial score (nSPS) is 13.7. The van der Waals surface area contributed by atoms with Crippen LogP contribution in [0, 0.1) is 0 Å². The molecule has 0 spiro atoms. The Bertz CT molecular complexity index is 482. The molecule has 3 rings (SSSR count). The monoisotopic (exact) mass is 216 g/mol. The fourth-order valence-electron chi connectivity index (χ4n) is 1.82. The van der Waals surface area contributed by atoms with Gasteiger partial charge in [0, 0.05) is 9.79 Å². The fraction of sp³-hybridized carbons (Fsp3) is 0. The first-order valence-electron chi connectivity index (χ1n) is 4.48. The Kier molecular flexibility index (Phi) is 1.79. The summed E-state index contributed by atoms with van der Waals surface area (Å²) in [5, 5.41) is 0. The minimum atomic E-state index is -0.139. The van der Waals surface area contributed by atoms with Crippen molar-refractivity contribution in [2.75, 3.05) is 0 Å². The molecule has 0 N–H and O–H groups in total. The molecule has 0 aliphatic carbocycles.